The summed E-state index contributed by atoms with van der Waals surface area (Å²) >= 11 is 0. The van der Waals surface area contributed by atoms with Gasteiger partial charge in [-0.2, -0.15) is 0 Å². The van der Waals surface area contributed by atoms with E-state index >= 15 is 0 Å². The molecule has 1 fully saturated rings. The Hall–Kier alpha value is -3.00. The van der Waals surface area contributed by atoms with Crippen molar-refractivity contribution in [2.45, 2.75) is 18.6 Å². The number of hydrogen-bond donors (Lipinski definition) is 2. The lowest BCUT2D eigenvalue weighted by atomic mass is 9.97. The molecule has 0 aliphatic carbocycles. The predicted molar refractivity (Wildman–Crippen MR) is 89.7 cm³/mol. The molecule has 1 aromatic heterocycles. The van der Waals surface area contributed by atoms with E-state index in [0.717, 1.165) is 4.90 Å². The summed E-state index contributed by atoms with van der Waals surface area (Å²) in [7, 11) is 0. The maximum atomic E-state index is 12.9. The lowest BCUT2D eigenvalue weighted by Gasteiger charge is -2.22. The van der Waals surface area contributed by atoms with Crippen LogP contribution >= 0.6 is 0 Å². The lowest BCUT2D eigenvalue weighted by Crippen LogP contribution is -2.43. The Morgan fingerprint density at radius 1 is 1.27 bits per heavy atom. The van der Waals surface area contributed by atoms with Crippen molar-refractivity contribution in [3.63, 3.8) is 0 Å². The molecule has 0 bridgehead atoms. The fourth-order valence-electron chi connectivity index (χ4n) is 2.68. The minimum atomic E-state index is -1.28. The number of ether oxygens (including phenoxy) is 1. The molecular formula is C18H18FN3O4. The third-order valence-electron chi connectivity index (χ3n) is 4.10. The monoisotopic (exact) mass is 359 g/mol. The minimum absolute atomic E-state index is 0.150. The molecule has 7 nitrogen and oxygen atoms in total. The second kappa shape index (κ2) is 7.09. The van der Waals surface area contributed by atoms with E-state index in [2.05, 4.69) is 10.3 Å². The summed E-state index contributed by atoms with van der Waals surface area (Å²) < 4.78 is 18.2. The molecule has 3 amide bonds. The van der Waals surface area contributed by atoms with E-state index in [-0.39, 0.29) is 13.2 Å². The van der Waals surface area contributed by atoms with Crippen molar-refractivity contribution in [2.24, 2.45) is 0 Å². The third kappa shape index (κ3) is 3.50. The molecule has 1 aliphatic rings. The summed E-state index contributed by atoms with van der Waals surface area (Å²) in [6.07, 6.45) is 0.439. The van der Waals surface area contributed by atoms with Gasteiger partial charge in [-0.1, -0.05) is 6.07 Å². The fraction of sp³-hybridized carbons (Fsp3) is 0.278. The van der Waals surface area contributed by atoms with E-state index in [0.29, 0.717) is 11.4 Å². The van der Waals surface area contributed by atoms with Gasteiger partial charge in [0.05, 0.1) is 12.2 Å². The summed E-state index contributed by atoms with van der Waals surface area (Å²) in [4.78, 5) is 30.0. The van der Waals surface area contributed by atoms with Crippen molar-refractivity contribution < 1.29 is 23.8 Å². The van der Waals surface area contributed by atoms with Gasteiger partial charge in [-0.05, 0) is 43.3 Å². The zero-order chi connectivity index (χ0) is 18.7. The summed E-state index contributed by atoms with van der Waals surface area (Å²) in [5.41, 5.74) is -0.867. The topological polar surface area (TPSA) is 91.8 Å². The van der Waals surface area contributed by atoms with E-state index in [1.54, 1.807) is 25.1 Å². The normalized spacial score (nSPS) is 20.8. The number of benzene rings is 1. The first-order chi connectivity index (χ1) is 12.4. The summed E-state index contributed by atoms with van der Waals surface area (Å²) in [6.45, 7) is 1.19. The maximum Gasteiger partial charge on any atom is 0.325 e. The number of hydrogen-bond acceptors (Lipinski definition) is 5. The molecule has 1 aliphatic heterocycles. The maximum absolute atomic E-state index is 12.9. The SMILES string of the molecule is C[C@]1(c2ccccn2)NC(=O)N(C[C@@H](O)COc2ccc(F)cc2)C1=O. The van der Waals surface area contributed by atoms with Crippen LogP contribution in [-0.2, 0) is 10.3 Å². The Morgan fingerprint density at radius 2 is 2.00 bits per heavy atom. The van der Waals surface area contributed by atoms with Crippen molar-refractivity contribution in [3.05, 3.63) is 60.2 Å². The van der Waals surface area contributed by atoms with Crippen molar-refractivity contribution in [1.29, 1.82) is 0 Å². The number of halogens is 1. The molecule has 2 aromatic rings. The molecule has 1 aromatic carbocycles. The van der Waals surface area contributed by atoms with Gasteiger partial charge >= 0.3 is 6.03 Å². The highest BCUT2D eigenvalue weighted by Gasteiger charge is 2.50. The lowest BCUT2D eigenvalue weighted by molar-refractivity contribution is -0.132. The number of pyridine rings is 1. The van der Waals surface area contributed by atoms with Crippen LogP contribution in [0.4, 0.5) is 9.18 Å². The summed E-state index contributed by atoms with van der Waals surface area (Å²) in [6, 6.07) is 9.79. The zero-order valence-corrected chi connectivity index (χ0v) is 14.1. The van der Waals surface area contributed by atoms with Gasteiger partial charge in [0.15, 0.2) is 5.54 Å². The van der Waals surface area contributed by atoms with Gasteiger partial charge in [-0.15, -0.1) is 0 Å². The second-order valence-electron chi connectivity index (χ2n) is 6.10. The Bertz CT molecular complexity index is 800. The molecule has 1 saturated heterocycles. The molecule has 0 radical (unpaired) electrons. The van der Waals surface area contributed by atoms with Crippen LogP contribution in [0.15, 0.2) is 48.7 Å². The Kier molecular flexibility index (Phi) is 4.85. The molecule has 0 spiro atoms. The highest BCUT2D eigenvalue weighted by atomic mass is 19.1. The standard InChI is InChI=1S/C18H18FN3O4/c1-18(15-4-2-3-9-20-15)16(24)22(17(25)21-18)10-13(23)11-26-14-7-5-12(19)6-8-14/h2-9,13,23H,10-11H2,1H3,(H,21,25)/t13-,18-/m1/s1. The molecular weight excluding hydrogens is 341 g/mol. The number of carbonyl (C=O) groups excluding carboxylic acids is 2. The van der Waals surface area contributed by atoms with Crippen LogP contribution in [0.5, 0.6) is 5.75 Å². The molecule has 0 unspecified atom stereocenters. The van der Waals surface area contributed by atoms with Gasteiger partial charge in [-0.3, -0.25) is 14.7 Å². The number of carbonyl (C=O) groups is 2. The van der Waals surface area contributed by atoms with E-state index in [1.807, 2.05) is 0 Å². The number of aliphatic hydroxyl groups excluding tert-OH is 1. The first kappa shape index (κ1) is 17.8. The number of aliphatic hydroxyl groups is 1. The van der Waals surface area contributed by atoms with Crippen molar-refractivity contribution in [3.8, 4) is 5.75 Å². The molecule has 136 valence electrons. The van der Waals surface area contributed by atoms with Gasteiger partial charge in [0.1, 0.15) is 24.3 Å². The van der Waals surface area contributed by atoms with Crippen molar-refractivity contribution in [1.82, 2.24) is 15.2 Å². The highest BCUT2D eigenvalue weighted by molar-refractivity contribution is 6.07. The number of rotatable bonds is 6. The molecule has 8 heteroatoms. The van der Waals surface area contributed by atoms with Crippen LogP contribution in [0, 0.1) is 5.82 Å². The van der Waals surface area contributed by atoms with Gasteiger partial charge in [-0.25, -0.2) is 9.18 Å². The number of imide groups is 1. The van der Waals surface area contributed by atoms with Crippen LogP contribution in [0.2, 0.25) is 0 Å². The van der Waals surface area contributed by atoms with Crippen LogP contribution in [-0.4, -0.2) is 46.2 Å². The average Bonchev–Trinajstić information content (AvgIpc) is 2.86. The number of β-amino-alcohol motifs (C(OH)–C–C–N with tert-alkyl or cyclic N) is 1. The van der Waals surface area contributed by atoms with Gasteiger partial charge in [0, 0.05) is 6.20 Å². The quantitative estimate of drug-likeness (QED) is 0.762. The van der Waals surface area contributed by atoms with E-state index in [4.69, 9.17) is 4.74 Å². The molecule has 2 N–H and O–H groups in total. The molecule has 2 atom stereocenters. The van der Waals surface area contributed by atoms with E-state index in [1.165, 1.54) is 30.5 Å². The smallest absolute Gasteiger partial charge is 0.325 e. The number of amides is 3. The van der Waals surface area contributed by atoms with Gasteiger partial charge in [0.25, 0.3) is 5.91 Å². The molecule has 0 saturated carbocycles. The second-order valence-corrected chi connectivity index (χ2v) is 6.10. The Balaban J connectivity index is 1.63. The van der Waals surface area contributed by atoms with Crippen LogP contribution in [0.3, 0.4) is 0 Å². The molecule has 2 heterocycles. The highest BCUT2D eigenvalue weighted by Crippen LogP contribution is 2.27. The Labute approximate surface area is 149 Å². The Morgan fingerprint density at radius 3 is 2.65 bits per heavy atom. The predicted octanol–water partition coefficient (Wildman–Crippen LogP) is 1.43. The summed E-state index contributed by atoms with van der Waals surface area (Å²) in [5, 5.41) is 12.7. The van der Waals surface area contributed by atoms with Gasteiger partial charge in [0.2, 0.25) is 0 Å². The van der Waals surface area contributed by atoms with Crippen LogP contribution in [0.1, 0.15) is 12.6 Å². The number of nitrogens with one attached hydrogen (secondary N) is 1. The molecule has 3 rings (SSSR count). The number of aromatic nitrogens is 1. The number of nitrogens with zero attached hydrogens (tertiary/aromatic N) is 2. The van der Waals surface area contributed by atoms with E-state index in [9.17, 15) is 19.1 Å². The van der Waals surface area contributed by atoms with Crippen molar-refractivity contribution in [2.75, 3.05) is 13.2 Å². The van der Waals surface area contributed by atoms with Crippen LogP contribution in [0.25, 0.3) is 0 Å². The minimum Gasteiger partial charge on any atom is -0.491 e. The fourth-order valence-corrected chi connectivity index (χ4v) is 2.68. The van der Waals surface area contributed by atoms with Crippen LogP contribution < -0.4 is 10.1 Å². The number of urea groups is 1. The van der Waals surface area contributed by atoms with E-state index < -0.39 is 29.4 Å². The summed E-state index contributed by atoms with van der Waals surface area (Å²) in [5.74, 6) is -0.519. The first-order valence-electron chi connectivity index (χ1n) is 8.02. The third-order valence-corrected chi connectivity index (χ3v) is 4.10. The van der Waals surface area contributed by atoms with Crippen molar-refractivity contribution >= 4 is 11.9 Å². The molecule has 26 heavy (non-hydrogen) atoms. The zero-order valence-electron chi connectivity index (χ0n) is 14.1. The average molecular weight is 359 g/mol. The first-order valence-corrected chi connectivity index (χ1v) is 8.02. The largest absolute Gasteiger partial charge is 0.491 e. The van der Waals surface area contributed by atoms with Gasteiger partial charge < -0.3 is 15.2 Å².